The molecule has 3 N–H and O–H groups in total. The summed E-state index contributed by atoms with van der Waals surface area (Å²) in [6.45, 7) is 2.02. The highest BCUT2D eigenvalue weighted by molar-refractivity contribution is 9.10. The van der Waals surface area contributed by atoms with Gasteiger partial charge in [0, 0.05) is 10.2 Å². The number of carbonyl (C=O) groups excluding carboxylic acids is 1. The number of nitrogens with two attached hydrogens (primary N) is 1. The highest BCUT2D eigenvalue weighted by Gasteiger charge is 2.07. The number of benzene rings is 2. The maximum atomic E-state index is 12.0. The number of anilines is 2. The number of aryl methyl sites for hydroxylation is 1. The molecule has 0 aromatic heterocycles. The Morgan fingerprint density at radius 2 is 1.89 bits per heavy atom. The van der Waals surface area contributed by atoms with Crippen LogP contribution in [-0.2, 0) is 11.2 Å². The van der Waals surface area contributed by atoms with Gasteiger partial charge in [-0.15, -0.1) is 0 Å². The van der Waals surface area contributed by atoms with E-state index in [1.54, 1.807) is 12.1 Å². The number of hydrogen-bond donors (Lipinski definition) is 2. The van der Waals surface area contributed by atoms with Crippen molar-refractivity contribution in [3.8, 4) is 0 Å². The van der Waals surface area contributed by atoms with E-state index < -0.39 is 0 Å². The molecule has 19 heavy (non-hydrogen) atoms. The zero-order valence-corrected chi connectivity index (χ0v) is 12.2. The second-order valence-corrected chi connectivity index (χ2v) is 5.30. The number of nitrogens with one attached hydrogen (secondary N) is 1. The third kappa shape index (κ3) is 3.83. The second-order valence-electron chi connectivity index (χ2n) is 4.45. The molecule has 98 valence electrons. The summed E-state index contributed by atoms with van der Waals surface area (Å²) in [5.41, 5.74) is 9.18. The van der Waals surface area contributed by atoms with Crippen LogP contribution in [0, 0.1) is 6.92 Å². The van der Waals surface area contributed by atoms with Gasteiger partial charge < -0.3 is 11.1 Å². The Hall–Kier alpha value is -1.81. The molecule has 0 aliphatic carbocycles. The average Bonchev–Trinajstić information content (AvgIpc) is 2.37. The van der Waals surface area contributed by atoms with Gasteiger partial charge in [-0.25, -0.2) is 0 Å². The molecule has 0 radical (unpaired) electrons. The van der Waals surface area contributed by atoms with E-state index in [1.165, 1.54) is 5.56 Å². The monoisotopic (exact) mass is 318 g/mol. The standard InChI is InChI=1S/C15H15BrN2O/c1-10-2-4-11(5-3-10)8-15(19)18-14-9-12(17)6-7-13(14)16/h2-7,9H,8,17H2,1H3,(H,18,19). The number of amides is 1. The van der Waals surface area contributed by atoms with Crippen molar-refractivity contribution in [3.63, 3.8) is 0 Å². The summed E-state index contributed by atoms with van der Waals surface area (Å²) >= 11 is 3.38. The number of rotatable bonds is 3. The topological polar surface area (TPSA) is 55.1 Å². The molecule has 2 rings (SSSR count). The summed E-state index contributed by atoms with van der Waals surface area (Å²) in [5, 5.41) is 2.85. The Labute approximate surface area is 121 Å². The zero-order valence-electron chi connectivity index (χ0n) is 10.6. The van der Waals surface area contributed by atoms with Crippen molar-refractivity contribution in [2.75, 3.05) is 11.1 Å². The molecule has 4 heteroatoms. The molecule has 0 aliphatic rings. The van der Waals surface area contributed by atoms with Crippen LogP contribution in [0.2, 0.25) is 0 Å². The normalized spacial score (nSPS) is 10.2. The van der Waals surface area contributed by atoms with E-state index in [4.69, 9.17) is 5.73 Å². The van der Waals surface area contributed by atoms with E-state index in [9.17, 15) is 4.79 Å². The molecule has 0 atom stereocenters. The number of nitrogen functional groups attached to an aromatic ring is 1. The number of halogens is 1. The van der Waals surface area contributed by atoms with Crippen LogP contribution in [0.1, 0.15) is 11.1 Å². The van der Waals surface area contributed by atoms with Crippen LogP contribution in [0.15, 0.2) is 46.9 Å². The summed E-state index contributed by atoms with van der Waals surface area (Å²) in [5.74, 6) is -0.0600. The maximum Gasteiger partial charge on any atom is 0.228 e. The van der Waals surface area contributed by atoms with Crippen LogP contribution in [0.3, 0.4) is 0 Å². The molecule has 0 fully saturated rings. The van der Waals surface area contributed by atoms with Gasteiger partial charge in [-0.2, -0.15) is 0 Å². The number of hydrogen-bond acceptors (Lipinski definition) is 2. The van der Waals surface area contributed by atoms with Gasteiger partial charge in [-0.3, -0.25) is 4.79 Å². The molecule has 1 amide bonds. The first-order valence-corrected chi connectivity index (χ1v) is 6.74. The number of carbonyl (C=O) groups is 1. The van der Waals surface area contributed by atoms with Crippen molar-refractivity contribution < 1.29 is 4.79 Å². The largest absolute Gasteiger partial charge is 0.399 e. The average molecular weight is 319 g/mol. The molecular weight excluding hydrogens is 304 g/mol. The van der Waals surface area contributed by atoms with Crippen LogP contribution < -0.4 is 11.1 Å². The van der Waals surface area contributed by atoms with E-state index in [2.05, 4.69) is 21.2 Å². The second kappa shape index (κ2) is 5.89. The van der Waals surface area contributed by atoms with E-state index >= 15 is 0 Å². The predicted octanol–water partition coefficient (Wildman–Crippen LogP) is 3.52. The molecule has 3 nitrogen and oxygen atoms in total. The molecule has 0 spiro atoms. The Morgan fingerprint density at radius 1 is 1.21 bits per heavy atom. The Morgan fingerprint density at radius 3 is 2.58 bits per heavy atom. The molecule has 0 unspecified atom stereocenters. The molecule has 0 saturated heterocycles. The third-order valence-corrected chi connectivity index (χ3v) is 3.44. The summed E-state index contributed by atoms with van der Waals surface area (Å²) < 4.78 is 0.818. The first kappa shape index (κ1) is 13.6. The van der Waals surface area contributed by atoms with Gasteiger partial charge in [-0.05, 0) is 46.6 Å². The summed E-state index contributed by atoms with van der Waals surface area (Å²) in [4.78, 5) is 12.0. The van der Waals surface area contributed by atoms with Gasteiger partial charge in [0.25, 0.3) is 0 Å². The lowest BCUT2D eigenvalue weighted by Crippen LogP contribution is -2.14. The maximum absolute atomic E-state index is 12.0. The van der Waals surface area contributed by atoms with Crippen LogP contribution in [0.5, 0.6) is 0 Å². The van der Waals surface area contributed by atoms with Crippen LogP contribution in [-0.4, -0.2) is 5.91 Å². The van der Waals surface area contributed by atoms with Crippen LogP contribution in [0.4, 0.5) is 11.4 Å². The minimum Gasteiger partial charge on any atom is -0.399 e. The first-order chi connectivity index (χ1) is 9.04. The quantitative estimate of drug-likeness (QED) is 0.851. The minimum atomic E-state index is -0.0600. The summed E-state index contributed by atoms with van der Waals surface area (Å²) in [6, 6.07) is 13.2. The van der Waals surface area contributed by atoms with E-state index in [0.29, 0.717) is 17.8 Å². The SMILES string of the molecule is Cc1ccc(CC(=O)Nc2cc(N)ccc2Br)cc1. The fourth-order valence-electron chi connectivity index (χ4n) is 1.72. The smallest absolute Gasteiger partial charge is 0.228 e. The molecule has 0 heterocycles. The Bertz CT molecular complexity index is 594. The van der Waals surface area contributed by atoms with Crippen molar-refractivity contribution in [2.45, 2.75) is 13.3 Å². The van der Waals surface area contributed by atoms with Crippen LogP contribution in [0.25, 0.3) is 0 Å². The molecule has 0 saturated carbocycles. The van der Waals surface area contributed by atoms with E-state index in [-0.39, 0.29) is 5.91 Å². The fourth-order valence-corrected chi connectivity index (χ4v) is 2.07. The van der Waals surface area contributed by atoms with Gasteiger partial charge in [0.05, 0.1) is 12.1 Å². The lowest BCUT2D eigenvalue weighted by atomic mass is 10.1. The molecular formula is C15H15BrN2O. The molecule has 2 aromatic rings. The van der Waals surface area contributed by atoms with E-state index in [0.717, 1.165) is 10.0 Å². The van der Waals surface area contributed by atoms with Gasteiger partial charge in [0.2, 0.25) is 5.91 Å². The van der Waals surface area contributed by atoms with Gasteiger partial charge in [0.1, 0.15) is 0 Å². The third-order valence-electron chi connectivity index (χ3n) is 2.75. The highest BCUT2D eigenvalue weighted by atomic mass is 79.9. The summed E-state index contributed by atoms with van der Waals surface area (Å²) in [6.07, 6.45) is 0.349. The highest BCUT2D eigenvalue weighted by Crippen LogP contribution is 2.24. The minimum absolute atomic E-state index is 0.0600. The predicted molar refractivity (Wildman–Crippen MR) is 82.1 cm³/mol. The molecule has 0 aliphatic heterocycles. The van der Waals surface area contributed by atoms with Gasteiger partial charge in [-0.1, -0.05) is 29.8 Å². The lowest BCUT2D eigenvalue weighted by Gasteiger charge is -2.08. The Balaban J connectivity index is 2.05. The summed E-state index contributed by atoms with van der Waals surface area (Å²) in [7, 11) is 0. The lowest BCUT2D eigenvalue weighted by molar-refractivity contribution is -0.115. The first-order valence-electron chi connectivity index (χ1n) is 5.95. The Kier molecular flexibility index (Phi) is 4.22. The van der Waals surface area contributed by atoms with Gasteiger partial charge in [0.15, 0.2) is 0 Å². The van der Waals surface area contributed by atoms with Crippen molar-refractivity contribution in [1.82, 2.24) is 0 Å². The van der Waals surface area contributed by atoms with Crippen LogP contribution >= 0.6 is 15.9 Å². The van der Waals surface area contributed by atoms with Gasteiger partial charge >= 0.3 is 0 Å². The molecule has 0 bridgehead atoms. The van der Waals surface area contributed by atoms with Crippen molar-refractivity contribution in [3.05, 3.63) is 58.1 Å². The van der Waals surface area contributed by atoms with E-state index in [1.807, 2.05) is 37.3 Å². The van der Waals surface area contributed by atoms with Crippen molar-refractivity contribution in [2.24, 2.45) is 0 Å². The molecule has 2 aromatic carbocycles. The fraction of sp³-hybridized carbons (Fsp3) is 0.133. The van der Waals surface area contributed by atoms with Crippen molar-refractivity contribution >= 4 is 33.2 Å². The zero-order chi connectivity index (χ0) is 13.8. The van der Waals surface area contributed by atoms with Crippen molar-refractivity contribution in [1.29, 1.82) is 0 Å².